The minimum absolute atomic E-state index is 0.242. The second-order valence-electron chi connectivity index (χ2n) is 4.83. The van der Waals surface area contributed by atoms with Gasteiger partial charge in [0.2, 0.25) is 5.91 Å². The SMILES string of the molecule is CN(CC1CCNC1)C(=O)CCc1ccc[nH]1. The van der Waals surface area contributed by atoms with Crippen molar-refractivity contribution >= 4 is 5.91 Å². The molecule has 1 aliphatic heterocycles. The van der Waals surface area contributed by atoms with E-state index in [9.17, 15) is 4.79 Å². The number of hydrogen-bond donors (Lipinski definition) is 2. The molecule has 1 saturated heterocycles. The van der Waals surface area contributed by atoms with E-state index >= 15 is 0 Å². The molecule has 1 aliphatic rings. The maximum absolute atomic E-state index is 11.9. The molecule has 0 spiro atoms. The van der Waals surface area contributed by atoms with Crippen molar-refractivity contribution in [2.24, 2.45) is 5.92 Å². The van der Waals surface area contributed by atoms with Gasteiger partial charge < -0.3 is 15.2 Å². The zero-order chi connectivity index (χ0) is 12.1. The van der Waals surface area contributed by atoms with Crippen molar-refractivity contribution in [1.82, 2.24) is 15.2 Å². The van der Waals surface area contributed by atoms with E-state index in [4.69, 9.17) is 0 Å². The Morgan fingerprint density at radius 2 is 2.47 bits per heavy atom. The molecule has 1 aromatic heterocycles. The molecule has 4 heteroatoms. The van der Waals surface area contributed by atoms with Crippen molar-refractivity contribution < 1.29 is 4.79 Å². The van der Waals surface area contributed by atoms with Crippen LogP contribution in [0, 0.1) is 5.92 Å². The van der Waals surface area contributed by atoms with Crippen molar-refractivity contribution in [1.29, 1.82) is 0 Å². The largest absolute Gasteiger partial charge is 0.365 e. The number of aromatic amines is 1. The highest BCUT2D eigenvalue weighted by Crippen LogP contribution is 2.10. The lowest BCUT2D eigenvalue weighted by atomic mass is 10.1. The maximum Gasteiger partial charge on any atom is 0.222 e. The molecule has 0 aromatic carbocycles. The normalized spacial score (nSPS) is 19.5. The Hall–Kier alpha value is -1.29. The maximum atomic E-state index is 11.9. The average Bonchev–Trinajstić information content (AvgIpc) is 2.98. The summed E-state index contributed by atoms with van der Waals surface area (Å²) in [4.78, 5) is 16.9. The van der Waals surface area contributed by atoms with Gasteiger partial charge in [-0.05, 0) is 44.0 Å². The molecule has 1 atom stereocenters. The van der Waals surface area contributed by atoms with Crippen molar-refractivity contribution in [3.05, 3.63) is 24.0 Å². The molecular weight excluding hydrogens is 214 g/mol. The van der Waals surface area contributed by atoms with Gasteiger partial charge >= 0.3 is 0 Å². The lowest BCUT2D eigenvalue weighted by Gasteiger charge is -2.20. The summed E-state index contributed by atoms with van der Waals surface area (Å²) >= 11 is 0. The van der Waals surface area contributed by atoms with Gasteiger partial charge in [-0.1, -0.05) is 0 Å². The summed E-state index contributed by atoms with van der Waals surface area (Å²) in [5.41, 5.74) is 1.13. The first-order chi connectivity index (χ1) is 8.25. The van der Waals surface area contributed by atoms with E-state index in [1.54, 1.807) is 0 Å². The van der Waals surface area contributed by atoms with Crippen molar-refractivity contribution in [2.45, 2.75) is 19.3 Å². The number of nitrogens with one attached hydrogen (secondary N) is 2. The Kier molecular flexibility index (Phi) is 4.20. The van der Waals surface area contributed by atoms with E-state index < -0.39 is 0 Å². The Balaban J connectivity index is 1.71. The van der Waals surface area contributed by atoms with Crippen LogP contribution in [-0.4, -0.2) is 42.5 Å². The zero-order valence-electron chi connectivity index (χ0n) is 10.4. The standard InChI is InChI=1S/C13H21N3O/c1-16(10-11-6-8-14-9-11)13(17)5-4-12-3-2-7-15-12/h2-3,7,11,14-15H,4-6,8-10H2,1H3. The molecule has 17 heavy (non-hydrogen) atoms. The number of carbonyl (C=O) groups excluding carboxylic acids is 1. The molecule has 0 bridgehead atoms. The first kappa shape index (κ1) is 12.2. The highest BCUT2D eigenvalue weighted by molar-refractivity contribution is 5.76. The van der Waals surface area contributed by atoms with E-state index in [0.717, 1.165) is 31.7 Å². The zero-order valence-corrected chi connectivity index (χ0v) is 10.4. The van der Waals surface area contributed by atoms with Gasteiger partial charge in [0, 0.05) is 31.9 Å². The average molecular weight is 235 g/mol. The predicted octanol–water partition coefficient (Wildman–Crippen LogP) is 1.02. The summed E-state index contributed by atoms with van der Waals surface area (Å²) in [6.45, 7) is 3.03. The van der Waals surface area contributed by atoms with Crippen LogP contribution in [0.3, 0.4) is 0 Å². The van der Waals surface area contributed by atoms with Crippen LogP contribution in [0.1, 0.15) is 18.5 Å². The molecule has 1 fully saturated rings. The highest BCUT2D eigenvalue weighted by Gasteiger charge is 2.18. The molecule has 2 heterocycles. The minimum Gasteiger partial charge on any atom is -0.365 e. The second kappa shape index (κ2) is 5.87. The molecule has 2 rings (SSSR count). The van der Waals surface area contributed by atoms with Crippen LogP contribution < -0.4 is 5.32 Å². The Morgan fingerprint density at radius 3 is 3.12 bits per heavy atom. The highest BCUT2D eigenvalue weighted by atomic mass is 16.2. The molecule has 2 N–H and O–H groups in total. The van der Waals surface area contributed by atoms with Crippen LogP contribution >= 0.6 is 0 Å². The van der Waals surface area contributed by atoms with Crippen molar-refractivity contribution in [2.75, 3.05) is 26.7 Å². The Morgan fingerprint density at radius 1 is 1.59 bits per heavy atom. The van der Waals surface area contributed by atoms with Crippen LogP contribution in [0.2, 0.25) is 0 Å². The molecule has 1 aromatic rings. The van der Waals surface area contributed by atoms with E-state index in [1.165, 1.54) is 6.42 Å². The van der Waals surface area contributed by atoms with E-state index in [-0.39, 0.29) is 5.91 Å². The summed E-state index contributed by atoms with van der Waals surface area (Å²) in [6, 6.07) is 3.99. The number of hydrogen-bond acceptors (Lipinski definition) is 2. The molecule has 1 unspecified atom stereocenters. The first-order valence-corrected chi connectivity index (χ1v) is 6.32. The van der Waals surface area contributed by atoms with Gasteiger partial charge in [0.15, 0.2) is 0 Å². The fourth-order valence-corrected chi connectivity index (χ4v) is 2.31. The van der Waals surface area contributed by atoms with Crippen LogP contribution in [0.15, 0.2) is 18.3 Å². The Labute approximate surface area is 102 Å². The number of H-pyrrole nitrogens is 1. The molecule has 0 saturated carbocycles. The molecule has 1 amide bonds. The van der Waals surface area contributed by atoms with Crippen LogP contribution in [0.5, 0.6) is 0 Å². The van der Waals surface area contributed by atoms with Gasteiger partial charge in [-0.15, -0.1) is 0 Å². The van der Waals surface area contributed by atoms with Gasteiger partial charge in [-0.25, -0.2) is 0 Å². The lowest BCUT2D eigenvalue weighted by molar-refractivity contribution is -0.130. The molecule has 0 aliphatic carbocycles. The predicted molar refractivity (Wildman–Crippen MR) is 67.7 cm³/mol. The van der Waals surface area contributed by atoms with Gasteiger partial charge in [0.05, 0.1) is 0 Å². The number of carbonyl (C=O) groups is 1. The van der Waals surface area contributed by atoms with Gasteiger partial charge in [-0.2, -0.15) is 0 Å². The molecule has 94 valence electrons. The number of aromatic nitrogens is 1. The third kappa shape index (κ3) is 3.60. The summed E-state index contributed by atoms with van der Waals surface area (Å²) < 4.78 is 0. The monoisotopic (exact) mass is 235 g/mol. The van der Waals surface area contributed by atoms with Crippen LogP contribution in [0.4, 0.5) is 0 Å². The Bertz CT molecular complexity index is 342. The molecule has 4 nitrogen and oxygen atoms in total. The first-order valence-electron chi connectivity index (χ1n) is 6.32. The second-order valence-corrected chi connectivity index (χ2v) is 4.83. The lowest BCUT2D eigenvalue weighted by Crippen LogP contribution is -2.32. The van der Waals surface area contributed by atoms with Crippen molar-refractivity contribution in [3.63, 3.8) is 0 Å². The fraction of sp³-hybridized carbons (Fsp3) is 0.615. The minimum atomic E-state index is 0.242. The van der Waals surface area contributed by atoms with Crippen LogP contribution in [-0.2, 0) is 11.2 Å². The van der Waals surface area contributed by atoms with Gasteiger partial charge in [-0.3, -0.25) is 4.79 Å². The number of amides is 1. The van der Waals surface area contributed by atoms with E-state index in [1.807, 2.05) is 30.3 Å². The van der Waals surface area contributed by atoms with E-state index in [0.29, 0.717) is 12.3 Å². The number of aryl methyl sites for hydroxylation is 1. The number of nitrogens with zero attached hydrogens (tertiary/aromatic N) is 1. The third-order valence-electron chi connectivity index (χ3n) is 3.39. The quantitative estimate of drug-likeness (QED) is 0.800. The van der Waals surface area contributed by atoms with Gasteiger partial charge in [0.25, 0.3) is 0 Å². The number of rotatable bonds is 5. The summed E-state index contributed by atoms with van der Waals surface area (Å²) in [5.74, 6) is 0.876. The summed E-state index contributed by atoms with van der Waals surface area (Å²) in [7, 11) is 1.91. The van der Waals surface area contributed by atoms with Crippen molar-refractivity contribution in [3.8, 4) is 0 Å². The van der Waals surface area contributed by atoms with Crippen LogP contribution in [0.25, 0.3) is 0 Å². The topological polar surface area (TPSA) is 48.1 Å². The third-order valence-corrected chi connectivity index (χ3v) is 3.39. The summed E-state index contributed by atoms with van der Waals surface area (Å²) in [6.07, 6.45) is 4.48. The fourth-order valence-electron chi connectivity index (χ4n) is 2.31. The van der Waals surface area contributed by atoms with Gasteiger partial charge in [0.1, 0.15) is 0 Å². The molecule has 0 radical (unpaired) electrons. The molecular formula is C13H21N3O. The smallest absolute Gasteiger partial charge is 0.222 e. The van der Waals surface area contributed by atoms with E-state index in [2.05, 4.69) is 10.3 Å². The summed E-state index contributed by atoms with van der Waals surface area (Å²) in [5, 5.41) is 3.33.